The standard InChI is InChI=1S/C18H17FN4O2/c1-11-9-17(25-22-11)18(24)21-15-3-2-4-16-14(15)10-20-23(16)13-7-5-12(19)6-8-13/h5-10,15H,2-4H2,1H3,(H,21,24). The number of rotatable bonds is 3. The Bertz CT molecular complexity index is 914. The summed E-state index contributed by atoms with van der Waals surface area (Å²) in [5, 5.41) is 11.2. The van der Waals surface area contributed by atoms with E-state index < -0.39 is 0 Å². The number of hydrogen-bond donors (Lipinski definition) is 1. The minimum absolute atomic E-state index is 0.129. The molecule has 0 saturated heterocycles. The number of nitrogens with zero attached hydrogens (tertiary/aromatic N) is 3. The summed E-state index contributed by atoms with van der Waals surface area (Å²) in [4.78, 5) is 12.3. The summed E-state index contributed by atoms with van der Waals surface area (Å²) in [6.45, 7) is 1.77. The van der Waals surface area contributed by atoms with Gasteiger partial charge in [-0.15, -0.1) is 0 Å². The lowest BCUT2D eigenvalue weighted by atomic mass is 9.92. The molecule has 0 fully saturated rings. The second-order valence-electron chi connectivity index (χ2n) is 6.19. The first kappa shape index (κ1) is 15.6. The van der Waals surface area contributed by atoms with Crippen LogP contribution in [0.2, 0.25) is 0 Å². The first-order valence-corrected chi connectivity index (χ1v) is 8.19. The largest absolute Gasteiger partial charge is 0.351 e. The molecule has 1 N–H and O–H groups in total. The lowest BCUT2D eigenvalue weighted by Gasteiger charge is -2.23. The molecule has 2 aromatic heterocycles. The Hall–Kier alpha value is -2.96. The van der Waals surface area contributed by atoms with E-state index in [4.69, 9.17) is 4.52 Å². The number of amides is 1. The first-order valence-electron chi connectivity index (χ1n) is 8.19. The molecule has 128 valence electrons. The van der Waals surface area contributed by atoms with Crippen molar-refractivity contribution in [3.63, 3.8) is 0 Å². The maximum absolute atomic E-state index is 13.1. The zero-order chi connectivity index (χ0) is 17.4. The van der Waals surface area contributed by atoms with Gasteiger partial charge in [0.1, 0.15) is 5.82 Å². The van der Waals surface area contributed by atoms with Crippen LogP contribution < -0.4 is 5.32 Å². The zero-order valence-corrected chi connectivity index (χ0v) is 13.7. The summed E-state index contributed by atoms with van der Waals surface area (Å²) in [6.07, 6.45) is 4.40. The molecule has 0 saturated carbocycles. The van der Waals surface area contributed by atoms with Gasteiger partial charge in [0.25, 0.3) is 5.91 Å². The number of carbonyl (C=O) groups excluding carboxylic acids is 1. The van der Waals surface area contributed by atoms with E-state index >= 15 is 0 Å². The highest BCUT2D eigenvalue weighted by molar-refractivity contribution is 5.91. The summed E-state index contributed by atoms with van der Waals surface area (Å²) in [5.74, 6) is -0.360. The van der Waals surface area contributed by atoms with Crippen LogP contribution >= 0.6 is 0 Å². The number of fused-ring (bicyclic) bond motifs is 1. The lowest BCUT2D eigenvalue weighted by molar-refractivity contribution is 0.0895. The normalized spacial score (nSPS) is 16.5. The molecule has 1 aliphatic rings. The Labute approximate surface area is 143 Å². The van der Waals surface area contributed by atoms with Gasteiger partial charge in [-0.3, -0.25) is 4.79 Å². The second kappa shape index (κ2) is 6.16. The predicted molar refractivity (Wildman–Crippen MR) is 87.9 cm³/mol. The van der Waals surface area contributed by atoms with E-state index in [0.717, 1.165) is 36.2 Å². The maximum Gasteiger partial charge on any atom is 0.290 e. The van der Waals surface area contributed by atoms with Crippen molar-refractivity contribution < 1.29 is 13.7 Å². The minimum atomic E-state index is -0.284. The highest BCUT2D eigenvalue weighted by Gasteiger charge is 2.27. The Balaban J connectivity index is 1.60. The molecule has 3 aromatic rings. The molecule has 4 rings (SSSR count). The fourth-order valence-corrected chi connectivity index (χ4v) is 3.21. The van der Waals surface area contributed by atoms with Gasteiger partial charge in [0, 0.05) is 17.3 Å². The van der Waals surface area contributed by atoms with Gasteiger partial charge in [0.15, 0.2) is 0 Å². The van der Waals surface area contributed by atoms with Crippen LogP contribution in [-0.2, 0) is 6.42 Å². The molecule has 25 heavy (non-hydrogen) atoms. The fourth-order valence-electron chi connectivity index (χ4n) is 3.21. The molecule has 0 aliphatic heterocycles. The summed E-state index contributed by atoms with van der Waals surface area (Å²) in [6, 6.07) is 7.71. The average Bonchev–Trinajstić information content (AvgIpc) is 3.23. The summed E-state index contributed by atoms with van der Waals surface area (Å²) >= 11 is 0. The smallest absolute Gasteiger partial charge is 0.290 e. The first-order chi connectivity index (χ1) is 12.1. The highest BCUT2D eigenvalue weighted by atomic mass is 19.1. The molecule has 1 amide bonds. The summed E-state index contributed by atoms with van der Waals surface area (Å²) in [7, 11) is 0. The molecule has 0 spiro atoms. The van der Waals surface area contributed by atoms with Crippen molar-refractivity contribution in [3.8, 4) is 5.69 Å². The number of nitrogens with one attached hydrogen (secondary N) is 1. The second-order valence-corrected chi connectivity index (χ2v) is 6.19. The van der Waals surface area contributed by atoms with Gasteiger partial charge in [0.05, 0.1) is 23.6 Å². The van der Waals surface area contributed by atoms with Gasteiger partial charge < -0.3 is 9.84 Å². The number of aryl methyl sites for hydroxylation is 1. The monoisotopic (exact) mass is 340 g/mol. The van der Waals surface area contributed by atoms with Gasteiger partial charge in [0.2, 0.25) is 5.76 Å². The van der Waals surface area contributed by atoms with Crippen molar-refractivity contribution >= 4 is 5.91 Å². The van der Waals surface area contributed by atoms with Gasteiger partial charge in [-0.25, -0.2) is 9.07 Å². The predicted octanol–water partition coefficient (Wildman–Crippen LogP) is 3.12. The third kappa shape index (κ3) is 2.93. The molecule has 1 aromatic carbocycles. The molecule has 0 radical (unpaired) electrons. The molecule has 0 bridgehead atoms. The van der Waals surface area contributed by atoms with Crippen LogP contribution in [0.1, 0.15) is 46.4 Å². The Kier molecular flexibility index (Phi) is 3.83. The number of halogens is 1. The molecule has 6 nitrogen and oxygen atoms in total. The third-order valence-corrected chi connectivity index (χ3v) is 4.41. The van der Waals surface area contributed by atoms with Crippen molar-refractivity contribution in [2.75, 3.05) is 0 Å². The van der Waals surface area contributed by atoms with E-state index in [2.05, 4.69) is 15.6 Å². The van der Waals surface area contributed by atoms with Gasteiger partial charge in [-0.1, -0.05) is 5.16 Å². The Morgan fingerprint density at radius 3 is 2.88 bits per heavy atom. The van der Waals surface area contributed by atoms with E-state index in [1.165, 1.54) is 12.1 Å². The molecule has 7 heteroatoms. The van der Waals surface area contributed by atoms with Crippen LogP contribution in [0.15, 0.2) is 41.1 Å². The topological polar surface area (TPSA) is 73.0 Å². The molecule has 1 unspecified atom stereocenters. The van der Waals surface area contributed by atoms with Crippen molar-refractivity contribution in [2.24, 2.45) is 0 Å². The highest BCUT2D eigenvalue weighted by Crippen LogP contribution is 2.31. The van der Waals surface area contributed by atoms with E-state index in [-0.39, 0.29) is 23.5 Å². The van der Waals surface area contributed by atoms with Crippen molar-refractivity contribution in [1.29, 1.82) is 0 Å². The van der Waals surface area contributed by atoms with Gasteiger partial charge in [-0.05, 0) is 50.5 Å². The average molecular weight is 340 g/mol. The van der Waals surface area contributed by atoms with Crippen LogP contribution in [0.25, 0.3) is 5.69 Å². The van der Waals surface area contributed by atoms with Crippen molar-refractivity contribution in [1.82, 2.24) is 20.3 Å². The molecule has 2 heterocycles. The van der Waals surface area contributed by atoms with Crippen LogP contribution in [0.4, 0.5) is 4.39 Å². The van der Waals surface area contributed by atoms with Crippen LogP contribution in [0, 0.1) is 12.7 Å². The van der Waals surface area contributed by atoms with Gasteiger partial charge >= 0.3 is 0 Å². The molecular weight excluding hydrogens is 323 g/mol. The van der Waals surface area contributed by atoms with E-state index in [9.17, 15) is 9.18 Å². The Morgan fingerprint density at radius 1 is 1.36 bits per heavy atom. The SMILES string of the molecule is Cc1cc(C(=O)NC2CCCc3c2cnn3-c2ccc(F)cc2)on1. The minimum Gasteiger partial charge on any atom is -0.351 e. The molecule has 1 atom stereocenters. The number of aromatic nitrogens is 3. The summed E-state index contributed by atoms with van der Waals surface area (Å²) in [5.41, 5.74) is 3.50. The maximum atomic E-state index is 13.1. The van der Waals surface area contributed by atoms with Crippen molar-refractivity contribution in [3.05, 3.63) is 65.1 Å². The number of benzene rings is 1. The number of carbonyl (C=O) groups is 1. The third-order valence-electron chi connectivity index (χ3n) is 4.41. The van der Waals surface area contributed by atoms with E-state index in [1.54, 1.807) is 31.3 Å². The quantitative estimate of drug-likeness (QED) is 0.795. The van der Waals surface area contributed by atoms with Crippen LogP contribution in [-0.4, -0.2) is 20.8 Å². The lowest BCUT2D eigenvalue weighted by Crippen LogP contribution is -2.30. The van der Waals surface area contributed by atoms with Crippen LogP contribution in [0.3, 0.4) is 0 Å². The van der Waals surface area contributed by atoms with E-state index in [0.29, 0.717) is 5.69 Å². The zero-order valence-electron chi connectivity index (χ0n) is 13.7. The number of hydrogen-bond acceptors (Lipinski definition) is 4. The fraction of sp³-hybridized carbons (Fsp3) is 0.278. The molecule has 1 aliphatic carbocycles. The molecular formula is C18H17FN4O2. The Morgan fingerprint density at radius 2 is 2.16 bits per heavy atom. The van der Waals surface area contributed by atoms with Gasteiger partial charge in [-0.2, -0.15) is 5.10 Å². The summed E-state index contributed by atoms with van der Waals surface area (Å²) < 4.78 is 20.0. The van der Waals surface area contributed by atoms with Crippen LogP contribution in [0.5, 0.6) is 0 Å². The van der Waals surface area contributed by atoms with E-state index in [1.807, 2.05) is 4.68 Å². The van der Waals surface area contributed by atoms with Crippen molar-refractivity contribution in [2.45, 2.75) is 32.2 Å².